The van der Waals surface area contributed by atoms with Crippen molar-refractivity contribution in [3.05, 3.63) is 93.4 Å². The summed E-state index contributed by atoms with van der Waals surface area (Å²) in [7, 11) is 0. The molecule has 0 amide bonds. The van der Waals surface area contributed by atoms with Crippen LogP contribution in [-0.4, -0.2) is 21.1 Å². The molecule has 3 aromatic heterocycles. The molecular weight excluding hydrogens is 462 g/mol. The van der Waals surface area contributed by atoms with Crippen molar-refractivity contribution in [3.8, 4) is 5.75 Å². The van der Waals surface area contributed by atoms with Gasteiger partial charge in [-0.3, -0.25) is 9.36 Å². The fraction of sp³-hybridized carbons (Fsp3) is 0.222. The van der Waals surface area contributed by atoms with Crippen LogP contribution in [0.3, 0.4) is 0 Å². The van der Waals surface area contributed by atoms with Gasteiger partial charge in [0.1, 0.15) is 15.3 Å². The Labute approximate surface area is 206 Å². The number of ether oxygens (including phenoxy) is 1. The Bertz CT molecular complexity index is 1560. The molecule has 34 heavy (non-hydrogen) atoms. The predicted molar refractivity (Wildman–Crippen MR) is 141 cm³/mol. The normalized spacial score (nSPS) is 11.4. The summed E-state index contributed by atoms with van der Waals surface area (Å²) in [5.41, 5.74) is 5.36. The monoisotopic (exact) mass is 487 g/mol. The summed E-state index contributed by atoms with van der Waals surface area (Å²) in [5, 5.41) is 1.63. The van der Waals surface area contributed by atoms with Gasteiger partial charge in [0.2, 0.25) is 0 Å². The summed E-state index contributed by atoms with van der Waals surface area (Å²) in [6.07, 6.45) is 1.75. The van der Waals surface area contributed by atoms with Gasteiger partial charge >= 0.3 is 0 Å². The SMILES string of the molecule is CCOc1ccccc1Cn1c(SCc2cc(C)ccc2C)nc2c(sc3ncccc32)c1=O. The number of fused-ring (bicyclic) bond motifs is 3. The Kier molecular flexibility index (Phi) is 6.39. The number of aromatic nitrogens is 3. The predicted octanol–water partition coefficient (Wildman–Crippen LogP) is 6.36. The lowest BCUT2D eigenvalue weighted by molar-refractivity contribution is 0.335. The van der Waals surface area contributed by atoms with Crippen LogP contribution in [0.25, 0.3) is 20.4 Å². The second-order valence-electron chi connectivity index (χ2n) is 8.18. The van der Waals surface area contributed by atoms with Crippen LogP contribution < -0.4 is 10.3 Å². The molecule has 0 N–H and O–H groups in total. The zero-order chi connectivity index (χ0) is 23.7. The molecular formula is C27H25N3O2S2. The smallest absolute Gasteiger partial charge is 0.272 e. The minimum Gasteiger partial charge on any atom is -0.494 e. The highest BCUT2D eigenvalue weighted by Crippen LogP contribution is 2.32. The van der Waals surface area contributed by atoms with E-state index in [-0.39, 0.29) is 5.56 Å². The van der Waals surface area contributed by atoms with Gasteiger partial charge in [-0.15, -0.1) is 11.3 Å². The fourth-order valence-corrected chi connectivity index (χ4v) is 6.08. The van der Waals surface area contributed by atoms with E-state index in [0.717, 1.165) is 32.8 Å². The van der Waals surface area contributed by atoms with E-state index in [2.05, 4.69) is 37.0 Å². The lowest BCUT2D eigenvalue weighted by atomic mass is 10.1. The Morgan fingerprint density at radius 1 is 1.06 bits per heavy atom. The maximum absolute atomic E-state index is 13.8. The minimum atomic E-state index is -0.0391. The molecule has 5 rings (SSSR count). The Morgan fingerprint density at radius 2 is 1.91 bits per heavy atom. The van der Waals surface area contributed by atoms with E-state index in [0.29, 0.717) is 23.0 Å². The van der Waals surface area contributed by atoms with Gasteiger partial charge < -0.3 is 4.74 Å². The number of thiophene rings is 1. The summed E-state index contributed by atoms with van der Waals surface area (Å²) in [4.78, 5) is 24.1. The van der Waals surface area contributed by atoms with Gasteiger partial charge in [0, 0.05) is 22.9 Å². The van der Waals surface area contributed by atoms with E-state index >= 15 is 0 Å². The van der Waals surface area contributed by atoms with Crippen LogP contribution in [0.1, 0.15) is 29.2 Å². The summed E-state index contributed by atoms with van der Waals surface area (Å²) in [6.45, 7) is 7.15. The van der Waals surface area contributed by atoms with Crippen LogP contribution in [0.4, 0.5) is 0 Å². The van der Waals surface area contributed by atoms with Gasteiger partial charge in [0.15, 0.2) is 5.16 Å². The van der Waals surface area contributed by atoms with E-state index in [9.17, 15) is 4.79 Å². The topological polar surface area (TPSA) is 57.0 Å². The highest BCUT2D eigenvalue weighted by atomic mass is 32.2. The number of thioether (sulfide) groups is 1. The lowest BCUT2D eigenvalue weighted by Gasteiger charge is -2.15. The van der Waals surface area contributed by atoms with Crippen molar-refractivity contribution in [2.45, 2.75) is 38.2 Å². The van der Waals surface area contributed by atoms with E-state index in [1.807, 2.05) is 43.3 Å². The van der Waals surface area contributed by atoms with Crippen molar-refractivity contribution in [2.24, 2.45) is 0 Å². The third-order valence-electron chi connectivity index (χ3n) is 5.78. The van der Waals surface area contributed by atoms with Gasteiger partial charge in [-0.05, 0) is 50.1 Å². The first kappa shape index (κ1) is 22.6. The van der Waals surface area contributed by atoms with Crippen LogP contribution in [0, 0.1) is 13.8 Å². The molecule has 2 aromatic carbocycles. The van der Waals surface area contributed by atoms with Crippen molar-refractivity contribution < 1.29 is 4.74 Å². The number of benzene rings is 2. The van der Waals surface area contributed by atoms with Gasteiger partial charge in [0.05, 0.1) is 18.7 Å². The first-order chi connectivity index (χ1) is 16.5. The van der Waals surface area contributed by atoms with Crippen molar-refractivity contribution in [1.82, 2.24) is 14.5 Å². The molecule has 0 saturated heterocycles. The summed E-state index contributed by atoms with van der Waals surface area (Å²) in [5.74, 6) is 1.53. The first-order valence-electron chi connectivity index (χ1n) is 11.2. The van der Waals surface area contributed by atoms with Gasteiger partial charge in [-0.25, -0.2) is 9.97 Å². The van der Waals surface area contributed by atoms with Crippen molar-refractivity contribution in [1.29, 1.82) is 0 Å². The van der Waals surface area contributed by atoms with Crippen molar-refractivity contribution in [2.75, 3.05) is 6.61 Å². The molecule has 3 heterocycles. The first-order valence-corrected chi connectivity index (χ1v) is 13.0. The minimum absolute atomic E-state index is 0.0391. The molecule has 0 saturated carbocycles. The maximum Gasteiger partial charge on any atom is 0.272 e. The van der Waals surface area contributed by atoms with Crippen LogP contribution in [0.5, 0.6) is 5.75 Å². The highest BCUT2D eigenvalue weighted by Gasteiger charge is 2.18. The van der Waals surface area contributed by atoms with Gasteiger partial charge in [0.25, 0.3) is 5.56 Å². The largest absolute Gasteiger partial charge is 0.494 e. The highest BCUT2D eigenvalue weighted by molar-refractivity contribution is 7.98. The molecule has 5 aromatic rings. The Hall–Kier alpha value is -3.16. The molecule has 0 fully saturated rings. The summed E-state index contributed by atoms with van der Waals surface area (Å²) < 4.78 is 8.25. The van der Waals surface area contributed by atoms with Crippen LogP contribution in [0.2, 0.25) is 0 Å². The van der Waals surface area contributed by atoms with E-state index in [1.54, 1.807) is 22.5 Å². The zero-order valence-electron chi connectivity index (χ0n) is 19.4. The van der Waals surface area contributed by atoms with Gasteiger partial charge in [-0.1, -0.05) is 53.7 Å². The quantitative estimate of drug-likeness (QED) is 0.197. The van der Waals surface area contributed by atoms with Crippen LogP contribution in [0.15, 0.2) is 70.7 Å². The Balaban J connectivity index is 1.64. The number of aryl methyl sites for hydroxylation is 2. The van der Waals surface area contributed by atoms with Crippen LogP contribution >= 0.6 is 23.1 Å². The number of pyridine rings is 1. The summed E-state index contributed by atoms with van der Waals surface area (Å²) >= 11 is 3.01. The second-order valence-corrected chi connectivity index (χ2v) is 10.1. The number of rotatable bonds is 7. The summed E-state index contributed by atoms with van der Waals surface area (Å²) in [6, 6.07) is 18.2. The molecule has 0 spiro atoms. The molecule has 0 unspecified atom stereocenters. The zero-order valence-corrected chi connectivity index (χ0v) is 21.0. The molecule has 172 valence electrons. The standard InChI is InChI=1S/C27H25N3O2S2/c1-4-32-22-10-6-5-8-19(22)15-30-26(31)24-23(21-9-7-13-28-25(21)34-24)29-27(30)33-16-20-14-17(2)11-12-18(20)3/h5-14H,4,15-16H2,1-3H3. The van der Waals surface area contributed by atoms with E-state index in [4.69, 9.17) is 9.72 Å². The van der Waals surface area contributed by atoms with Crippen molar-refractivity contribution in [3.63, 3.8) is 0 Å². The third-order valence-corrected chi connectivity index (χ3v) is 7.90. The average molecular weight is 488 g/mol. The average Bonchev–Trinajstić information content (AvgIpc) is 3.22. The third kappa shape index (κ3) is 4.33. The fourth-order valence-electron chi connectivity index (χ4n) is 3.99. The number of nitrogens with zero attached hydrogens (tertiary/aromatic N) is 3. The molecule has 7 heteroatoms. The maximum atomic E-state index is 13.8. The number of para-hydroxylation sites is 1. The second kappa shape index (κ2) is 9.60. The molecule has 0 aliphatic rings. The number of hydrogen-bond acceptors (Lipinski definition) is 6. The molecule has 0 aliphatic carbocycles. The molecule has 0 bridgehead atoms. The van der Waals surface area contributed by atoms with Crippen molar-refractivity contribution >= 4 is 43.5 Å². The number of hydrogen-bond donors (Lipinski definition) is 0. The lowest BCUT2D eigenvalue weighted by Crippen LogP contribution is -2.23. The molecule has 0 radical (unpaired) electrons. The van der Waals surface area contributed by atoms with E-state index < -0.39 is 0 Å². The van der Waals surface area contributed by atoms with Crippen LogP contribution in [-0.2, 0) is 12.3 Å². The van der Waals surface area contributed by atoms with Gasteiger partial charge in [-0.2, -0.15) is 0 Å². The van der Waals surface area contributed by atoms with E-state index in [1.165, 1.54) is 28.0 Å². The molecule has 0 atom stereocenters. The molecule has 0 aliphatic heterocycles. The molecule has 5 nitrogen and oxygen atoms in total. The Morgan fingerprint density at radius 3 is 2.76 bits per heavy atom.